The van der Waals surface area contributed by atoms with E-state index >= 15 is 0 Å². The van der Waals surface area contributed by atoms with E-state index in [1.807, 2.05) is 18.7 Å². The first-order valence-electron chi connectivity index (χ1n) is 5.69. The van der Waals surface area contributed by atoms with Crippen molar-refractivity contribution < 1.29 is 9.53 Å². The van der Waals surface area contributed by atoms with E-state index in [1.54, 1.807) is 0 Å². The zero-order chi connectivity index (χ0) is 12.1. The minimum Gasteiger partial charge on any atom is -0.393 e. The number of carbonyl (C=O) groups is 1. The predicted octanol–water partition coefficient (Wildman–Crippen LogP) is 0.936. The lowest BCUT2D eigenvalue weighted by Crippen LogP contribution is -2.42. The molecule has 1 rings (SSSR count). The number of hydrogen-bond acceptors (Lipinski definition) is 3. The molecule has 1 unspecified atom stereocenters. The average molecular weight is 244 g/mol. The highest BCUT2D eigenvalue weighted by atomic mass is 32.1. The molecule has 0 spiro atoms. The first kappa shape index (κ1) is 13.4. The van der Waals surface area contributed by atoms with Gasteiger partial charge in [0, 0.05) is 25.6 Å². The second kappa shape index (κ2) is 6.15. The van der Waals surface area contributed by atoms with Gasteiger partial charge in [-0.3, -0.25) is 4.79 Å². The van der Waals surface area contributed by atoms with E-state index in [0.717, 1.165) is 6.42 Å². The molecule has 1 aliphatic rings. The maximum absolute atomic E-state index is 12.2. The summed E-state index contributed by atoms with van der Waals surface area (Å²) in [5.41, 5.74) is 5.46. The fourth-order valence-corrected chi connectivity index (χ4v) is 1.91. The van der Waals surface area contributed by atoms with Crippen LogP contribution in [0.25, 0.3) is 0 Å². The summed E-state index contributed by atoms with van der Waals surface area (Å²) in [6, 6.07) is 0.183. The van der Waals surface area contributed by atoms with Crippen LogP contribution in [0.4, 0.5) is 0 Å². The van der Waals surface area contributed by atoms with Gasteiger partial charge in [0.05, 0.1) is 17.5 Å². The van der Waals surface area contributed by atoms with Crippen LogP contribution in [0.15, 0.2) is 0 Å². The minimum absolute atomic E-state index is 0.0220. The molecule has 0 bridgehead atoms. The molecule has 0 radical (unpaired) electrons. The summed E-state index contributed by atoms with van der Waals surface area (Å²) < 4.78 is 5.24. The Hall–Kier alpha value is -0.680. The van der Waals surface area contributed by atoms with E-state index in [2.05, 4.69) is 0 Å². The first-order valence-corrected chi connectivity index (χ1v) is 6.09. The van der Waals surface area contributed by atoms with Crippen LogP contribution in [0.5, 0.6) is 0 Å². The number of nitrogens with two attached hydrogens (primary N) is 1. The first-order chi connectivity index (χ1) is 7.52. The van der Waals surface area contributed by atoms with Crippen molar-refractivity contribution in [3.05, 3.63) is 0 Å². The van der Waals surface area contributed by atoms with E-state index in [4.69, 9.17) is 22.7 Å². The normalized spacial score (nSPS) is 20.1. The molecular weight excluding hydrogens is 224 g/mol. The van der Waals surface area contributed by atoms with Crippen molar-refractivity contribution in [2.75, 3.05) is 19.8 Å². The van der Waals surface area contributed by atoms with Crippen LogP contribution in [-0.2, 0) is 9.53 Å². The van der Waals surface area contributed by atoms with Gasteiger partial charge in [0.15, 0.2) is 0 Å². The van der Waals surface area contributed by atoms with Crippen LogP contribution >= 0.6 is 12.2 Å². The maximum Gasteiger partial charge on any atom is 0.228 e. The fourth-order valence-electron chi connectivity index (χ4n) is 1.82. The highest BCUT2D eigenvalue weighted by Gasteiger charge is 2.29. The Bertz CT molecular complexity index is 263. The van der Waals surface area contributed by atoms with Crippen LogP contribution in [0.1, 0.15) is 26.7 Å². The van der Waals surface area contributed by atoms with Crippen molar-refractivity contribution in [2.45, 2.75) is 32.7 Å². The number of thiocarbonyl (C=S) groups is 1. The zero-order valence-electron chi connectivity index (χ0n) is 9.94. The smallest absolute Gasteiger partial charge is 0.228 e. The van der Waals surface area contributed by atoms with E-state index in [0.29, 0.717) is 31.2 Å². The highest BCUT2D eigenvalue weighted by molar-refractivity contribution is 7.80. The summed E-state index contributed by atoms with van der Waals surface area (Å²) in [5.74, 6) is 0.192. The van der Waals surface area contributed by atoms with E-state index in [-0.39, 0.29) is 17.9 Å². The van der Waals surface area contributed by atoms with Gasteiger partial charge in [0.1, 0.15) is 0 Å². The molecular formula is C11H20N2O2S. The zero-order valence-corrected chi connectivity index (χ0v) is 10.8. The molecule has 0 aromatic carbocycles. The molecule has 16 heavy (non-hydrogen) atoms. The topological polar surface area (TPSA) is 55.6 Å². The number of ether oxygens (including phenoxy) is 1. The van der Waals surface area contributed by atoms with Crippen molar-refractivity contribution in [1.29, 1.82) is 0 Å². The molecule has 5 heteroatoms. The third kappa shape index (κ3) is 3.72. The summed E-state index contributed by atoms with van der Waals surface area (Å²) in [7, 11) is 0. The largest absolute Gasteiger partial charge is 0.393 e. The van der Waals surface area contributed by atoms with Gasteiger partial charge in [-0.2, -0.15) is 0 Å². The van der Waals surface area contributed by atoms with Gasteiger partial charge >= 0.3 is 0 Å². The minimum atomic E-state index is 0.0220. The van der Waals surface area contributed by atoms with E-state index < -0.39 is 0 Å². The number of nitrogens with zero attached hydrogens (tertiary/aromatic N) is 1. The number of hydrogen-bond donors (Lipinski definition) is 1. The van der Waals surface area contributed by atoms with Gasteiger partial charge in [0.25, 0.3) is 0 Å². The van der Waals surface area contributed by atoms with Gasteiger partial charge in [-0.05, 0) is 20.3 Å². The van der Waals surface area contributed by atoms with Gasteiger partial charge in [-0.1, -0.05) is 12.2 Å². The Labute approximate surface area is 102 Å². The second-order valence-corrected chi connectivity index (χ2v) is 4.93. The number of amides is 1. The van der Waals surface area contributed by atoms with Crippen LogP contribution in [-0.4, -0.2) is 41.6 Å². The Morgan fingerprint density at radius 1 is 1.62 bits per heavy atom. The molecule has 1 aliphatic heterocycles. The van der Waals surface area contributed by atoms with Gasteiger partial charge in [-0.25, -0.2) is 0 Å². The third-order valence-electron chi connectivity index (χ3n) is 2.78. The average Bonchev–Trinajstić information content (AvgIpc) is 2.69. The molecule has 2 N–H and O–H groups in total. The van der Waals surface area contributed by atoms with Gasteiger partial charge in [-0.15, -0.1) is 0 Å². The summed E-state index contributed by atoms with van der Waals surface area (Å²) in [6.07, 6.45) is 1.42. The van der Waals surface area contributed by atoms with Crippen LogP contribution < -0.4 is 5.73 Å². The summed E-state index contributed by atoms with van der Waals surface area (Å²) in [6.45, 7) is 5.87. The molecule has 0 aromatic rings. The van der Waals surface area contributed by atoms with Crippen molar-refractivity contribution in [2.24, 2.45) is 11.7 Å². The van der Waals surface area contributed by atoms with Crippen LogP contribution in [0.2, 0.25) is 0 Å². The predicted molar refractivity (Wildman–Crippen MR) is 67.2 cm³/mol. The lowest BCUT2D eigenvalue weighted by molar-refractivity contribution is -0.137. The third-order valence-corrected chi connectivity index (χ3v) is 2.99. The molecule has 1 atom stereocenters. The van der Waals surface area contributed by atoms with Crippen molar-refractivity contribution in [3.63, 3.8) is 0 Å². The van der Waals surface area contributed by atoms with Gasteiger partial charge < -0.3 is 15.4 Å². The van der Waals surface area contributed by atoms with Crippen LogP contribution in [0, 0.1) is 5.92 Å². The SMILES string of the molecule is CC(C)N(CCC(N)=S)C(=O)C1CCOC1. The maximum atomic E-state index is 12.2. The summed E-state index contributed by atoms with van der Waals surface area (Å²) in [5, 5.41) is 0. The van der Waals surface area contributed by atoms with Crippen molar-refractivity contribution in [3.8, 4) is 0 Å². The molecule has 1 saturated heterocycles. The molecule has 0 aliphatic carbocycles. The summed E-state index contributed by atoms with van der Waals surface area (Å²) >= 11 is 4.84. The Balaban J connectivity index is 2.54. The molecule has 0 aromatic heterocycles. The van der Waals surface area contributed by atoms with Crippen molar-refractivity contribution in [1.82, 2.24) is 4.90 Å². The molecule has 0 saturated carbocycles. The van der Waals surface area contributed by atoms with E-state index in [1.165, 1.54) is 0 Å². The standard InChI is InChI=1S/C11H20N2O2S/c1-8(2)13(5-3-10(12)16)11(14)9-4-6-15-7-9/h8-9H,3-7H2,1-2H3,(H2,12,16). The lowest BCUT2D eigenvalue weighted by Gasteiger charge is -2.28. The van der Waals surface area contributed by atoms with E-state index in [9.17, 15) is 4.79 Å². The molecule has 4 nitrogen and oxygen atoms in total. The van der Waals surface area contributed by atoms with Crippen LogP contribution in [0.3, 0.4) is 0 Å². The Kier molecular flexibility index (Phi) is 5.15. The number of carbonyl (C=O) groups excluding carboxylic acids is 1. The van der Waals surface area contributed by atoms with Crippen molar-refractivity contribution >= 4 is 23.1 Å². The lowest BCUT2D eigenvalue weighted by atomic mass is 10.1. The monoisotopic (exact) mass is 244 g/mol. The fraction of sp³-hybridized carbons (Fsp3) is 0.818. The Morgan fingerprint density at radius 3 is 2.75 bits per heavy atom. The quantitative estimate of drug-likeness (QED) is 0.731. The molecule has 1 amide bonds. The molecule has 92 valence electrons. The Morgan fingerprint density at radius 2 is 2.31 bits per heavy atom. The second-order valence-electron chi connectivity index (χ2n) is 4.40. The van der Waals surface area contributed by atoms with Gasteiger partial charge in [0.2, 0.25) is 5.91 Å². The summed E-state index contributed by atoms with van der Waals surface area (Å²) in [4.78, 5) is 14.5. The molecule has 1 fully saturated rings. The highest BCUT2D eigenvalue weighted by Crippen LogP contribution is 2.17. The number of rotatable bonds is 5. The molecule has 1 heterocycles.